The Morgan fingerprint density at radius 2 is 1.77 bits per heavy atom. The first-order valence-corrected chi connectivity index (χ1v) is 15.0. The number of benzene rings is 2. The maximum atomic E-state index is 16.1. The van der Waals surface area contributed by atoms with Crippen molar-refractivity contribution in [1.29, 1.82) is 0 Å². The van der Waals surface area contributed by atoms with Gasteiger partial charge in [-0.15, -0.1) is 5.10 Å². The minimum atomic E-state index is -0.537. The molecule has 2 fully saturated rings. The monoisotopic (exact) mass is 584 g/mol. The third-order valence-corrected chi connectivity index (χ3v) is 8.71. The van der Waals surface area contributed by atoms with E-state index in [4.69, 9.17) is 4.74 Å². The average Bonchev–Trinajstić information content (AvgIpc) is 3.58. The summed E-state index contributed by atoms with van der Waals surface area (Å²) in [5.41, 5.74) is 3.74. The van der Waals surface area contributed by atoms with Crippen molar-refractivity contribution in [2.24, 2.45) is 18.9 Å². The normalized spacial score (nSPS) is 21.8. The lowest BCUT2D eigenvalue weighted by Crippen LogP contribution is -2.42. The van der Waals surface area contributed by atoms with Crippen molar-refractivity contribution in [2.45, 2.75) is 51.9 Å². The van der Waals surface area contributed by atoms with Crippen molar-refractivity contribution < 1.29 is 18.7 Å². The Balaban J connectivity index is 1.37. The van der Waals surface area contributed by atoms with Crippen molar-refractivity contribution >= 4 is 11.9 Å². The number of aryl methyl sites for hydroxylation is 1. The van der Waals surface area contributed by atoms with Crippen LogP contribution in [0.25, 0.3) is 16.8 Å². The molecule has 4 atom stereocenters. The fourth-order valence-electron chi connectivity index (χ4n) is 6.73. The molecular formula is C33H37FN6O3. The van der Waals surface area contributed by atoms with Crippen molar-refractivity contribution in [2.75, 3.05) is 19.7 Å². The van der Waals surface area contributed by atoms with Crippen LogP contribution in [-0.4, -0.2) is 61.2 Å². The minimum Gasteiger partial charge on any atom is -0.462 e. The SMILES string of the molecule is CCOC(=O)c1cnn(-c2cccc(-c3cccc(C(=O)N4CC(C)CC(C)C4)c3F)c2)c1[C@@H]1CC[C@H]1c1cn(C)nn1. The third-order valence-electron chi connectivity index (χ3n) is 8.71. The van der Waals surface area contributed by atoms with Crippen molar-refractivity contribution in [3.63, 3.8) is 0 Å². The number of rotatable bonds is 7. The van der Waals surface area contributed by atoms with Gasteiger partial charge in [-0.2, -0.15) is 5.10 Å². The first-order valence-electron chi connectivity index (χ1n) is 15.0. The molecule has 6 rings (SSSR count). The number of aromatic nitrogens is 5. The number of carbonyl (C=O) groups is 2. The van der Waals surface area contributed by atoms with Crippen molar-refractivity contribution in [3.8, 4) is 16.8 Å². The van der Waals surface area contributed by atoms with Gasteiger partial charge >= 0.3 is 5.97 Å². The van der Waals surface area contributed by atoms with Crippen molar-refractivity contribution in [3.05, 3.63) is 83.2 Å². The number of esters is 1. The zero-order chi connectivity index (χ0) is 30.2. The van der Waals surface area contributed by atoms with Crippen LogP contribution in [0.15, 0.2) is 54.9 Å². The largest absolute Gasteiger partial charge is 0.462 e. The topological polar surface area (TPSA) is 95.1 Å². The van der Waals surface area contributed by atoms with Gasteiger partial charge < -0.3 is 9.64 Å². The molecule has 43 heavy (non-hydrogen) atoms. The summed E-state index contributed by atoms with van der Waals surface area (Å²) in [6.07, 6.45) is 6.28. The van der Waals surface area contributed by atoms with Crippen LogP contribution in [0.4, 0.5) is 4.39 Å². The van der Waals surface area contributed by atoms with E-state index in [0.29, 0.717) is 47.3 Å². The van der Waals surface area contributed by atoms with Gasteiger partial charge in [0.05, 0.1) is 35.4 Å². The summed E-state index contributed by atoms with van der Waals surface area (Å²) in [4.78, 5) is 28.2. The fourth-order valence-corrected chi connectivity index (χ4v) is 6.73. The highest BCUT2D eigenvalue weighted by molar-refractivity contribution is 5.96. The van der Waals surface area contributed by atoms with Gasteiger partial charge in [-0.25, -0.2) is 13.9 Å². The molecule has 9 nitrogen and oxygen atoms in total. The average molecular weight is 585 g/mol. The van der Waals surface area contributed by atoms with Gasteiger partial charge in [0.25, 0.3) is 5.91 Å². The molecule has 1 aliphatic carbocycles. The number of halogens is 1. The van der Waals surface area contributed by atoms with Gasteiger partial charge in [0.2, 0.25) is 0 Å². The minimum absolute atomic E-state index is 0.0192. The molecule has 10 heteroatoms. The molecule has 2 aromatic heterocycles. The molecule has 2 aromatic carbocycles. The number of hydrogen-bond donors (Lipinski definition) is 0. The number of ether oxygens (including phenoxy) is 1. The first kappa shape index (κ1) is 28.8. The Hall–Kier alpha value is -4.34. The molecule has 0 spiro atoms. The zero-order valence-corrected chi connectivity index (χ0v) is 25.0. The number of likely N-dealkylation sites (tertiary alicyclic amines) is 1. The standard InChI is InChI=1S/C33H37FN6O3/c1-5-43-33(42)28-16-35-40(31(28)26-13-12-25(26)29-19-38(4)37-36-29)23-9-6-8-22(15-23)24-10-7-11-27(30(24)34)32(41)39-17-20(2)14-21(3)18-39/h6-11,15-16,19-21,25-26H,5,12-14,17-18H2,1-4H3/t20?,21?,25-,26-/m1/s1. The number of carbonyl (C=O) groups excluding carboxylic acids is 2. The number of hydrogen-bond acceptors (Lipinski definition) is 6. The number of piperidine rings is 1. The fraction of sp³-hybridized carbons (Fsp3) is 0.424. The predicted octanol–water partition coefficient (Wildman–Crippen LogP) is 5.76. The van der Waals surface area contributed by atoms with Crippen LogP contribution in [0.3, 0.4) is 0 Å². The predicted molar refractivity (Wildman–Crippen MR) is 159 cm³/mol. The molecule has 4 aromatic rings. The molecule has 3 heterocycles. The van der Waals surface area contributed by atoms with E-state index in [1.807, 2.05) is 37.5 Å². The van der Waals surface area contributed by atoms with Gasteiger partial charge in [0.1, 0.15) is 11.4 Å². The van der Waals surface area contributed by atoms with E-state index in [1.54, 1.807) is 45.6 Å². The molecule has 0 radical (unpaired) electrons. The summed E-state index contributed by atoms with van der Waals surface area (Å²) in [6.45, 7) is 7.54. The van der Waals surface area contributed by atoms with Gasteiger partial charge in [-0.3, -0.25) is 9.48 Å². The summed E-state index contributed by atoms with van der Waals surface area (Å²) in [5, 5.41) is 13.1. The van der Waals surface area contributed by atoms with E-state index in [1.165, 1.54) is 0 Å². The molecule has 2 aliphatic rings. The number of nitrogens with zero attached hydrogens (tertiary/aromatic N) is 6. The molecule has 1 aliphatic heterocycles. The Labute approximate surface area is 250 Å². The van der Waals surface area contributed by atoms with Crippen LogP contribution >= 0.6 is 0 Å². The molecule has 1 amide bonds. The molecular weight excluding hydrogens is 547 g/mol. The molecule has 2 unspecified atom stereocenters. The van der Waals surface area contributed by atoms with E-state index in [2.05, 4.69) is 29.3 Å². The van der Waals surface area contributed by atoms with E-state index in [0.717, 1.165) is 30.7 Å². The maximum Gasteiger partial charge on any atom is 0.341 e. The summed E-state index contributed by atoms with van der Waals surface area (Å²) in [7, 11) is 1.83. The zero-order valence-electron chi connectivity index (χ0n) is 25.0. The Kier molecular flexibility index (Phi) is 7.85. The number of amides is 1. The van der Waals surface area contributed by atoms with Crippen LogP contribution in [0, 0.1) is 17.7 Å². The summed E-state index contributed by atoms with van der Waals surface area (Å²) < 4.78 is 24.9. The summed E-state index contributed by atoms with van der Waals surface area (Å²) in [5.74, 6) is -0.420. The lowest BCUT2D eigenvalue weighted by Gasteiger charge is -2.36. The van der Waals surface area contributed by atoms with E-state index in [-0.39, 0.29) is 29.9 Å². The van der Waals surface area contributed by atoms with E-state index >= 15 is 4.39 Å². The second-order valence-electron chi connectivity index (χ2n) is 12.1. The van der Waals surface area contributed by atoms with Gasteiger partial charge in [-0.1, -0.05) is 43.3 Å². The first-order chi connectivity index (χ1) is 20.7. The van der Waals surface area contributed by atoms with E-state index in [9.17, 15) is 9.59 Å². The second kappa shape index (κ2) is 11.7. The van der Waals surface area contributed by atoms with Crippen molar-refractivity contribution in [1.82, 2.24) is 29.7 Å². The van der Waals surface area contributed by atoms with Crippen LogP contribution in [0.1, 0.15) is 84.0 Å². The lowest BCUT2D eigenvalue weighted by atomic mass is 9.69. The maximum absolute atomic E-state index is 16.1. The van der Waals surface area contributed by atoms with Crippen LogP contribution in [0.5, 0.6) is 0 Å². The van der Waals surface area contributed by atoms with E-state index < -0.39 is 11.8 Å². The van der Waals surface area contributed by atoms with Crippen LogP contribution in [-0.2, 0) is 11.8 Å². The van der Waals surface area contributed by atoms with Crippen LogP contribution < -0.4 is 0 Å². The highest BCUT2D eigenvalue weighted by Crippen LogP contribution is 2.50. The molecule has 0 bridgehead atoms. The Morgan fingerprint density at radius 3 is 2.44 bits per heavy atom. The summed E-state index contributed by atoms with van der Waals surface area (Å²) in [6, 6.07) is 12.4. The lowest BCUT2D eigenvalue weighted by molar-refractivity contribution is 0.0522. The molecule has 1 saturated heterocycles. The van der Waals surface area contributed by atoms with Gasteiger partial charge in [0, 0.05) is 43.7 Å². The summed E-state index contributed by atoms with van der Waals surface area (Å²) >= 11 is 0. The third kappa shape index (κ3) is 5.46. The molecule has 0 N–H and O–H groups in total. The second-order valence-corrected chi connectivity index (χ2v) is 12.1. The Bertz CT molecular complexity index is 1650. The quantitative estimate of drug-likeness (QED) is 0.256. The highest BCUT2D eigenvalue weighted by Gasteiger charge is 2.40. The highest BCUT2D eigenvalue weighted by atomic mass is 19.1. The molecule has 1 saturated carbocycles. The Morgan fingerprint density at radius 1 is 1.02 bits per heavy atom. The van der Waals surface area contributed by atoms with Gasteiger partial charge in [0.15, 0.2) is 0 Å². The van der Waals surface area contributed by atoms with Gasteiger partial charge in [-0.05, 0) is 61.8 Å². The molecule has 224 valence electrons. The van der Waals surface area contributed by atoms with Crippen LogP contribution in [0.2, 0.25) is 0 Å². The smallest absolute Gasteiger partial charge is 0.341 e.